The van der Waals surface area contributed by atoms with Crippen LogP contribution in [0.5, 0.6) is 0 Å². The Bertz CT molecular complexity index is 990. The third-order valence-corrected chi connectivity index (χ3v) is 7.58. The Hall–Kier alpha value is -2.16. The molecule has 1 aromatic carbocycles. The standard InChI is InChI=1S/C23H34N4O3S/c1-5-26(17-20-11-9-19(10-12-20)16-24(2)3)23(28)22-15-21(18-25(22)4)31(29,30)27-13-7-6-8-14-27/h9-12,15,18H,5-8,13-14,16-17H2,1-4H3. The minimum Gasteiger partial charge on any atom is -0.345 e. The van der Waals surface area contributed by atoms with E-state index in [1.807, 2.05) is 33.2 Å². The molecule has 0 aliphatic carbocycles. The normalized spacial score (nSPS) is 15.4. The van der Waals surface area contributed by atoms with Gasteiger partial charge in [0.2, 0.25) is 10.0 Å². The topological polar surface area (TPSA) is 65.9 Å². The molecule has 7 nitrogen and oxygen atoms in total. The fraction of sp³-hybridized carbons (Fsp3) is 0.522. The van der Waals surface area contributed by atoms with Crippen molar-refractivity contribution in [3.8, 4) is 0 Å². The Morgan fingerprint density at radius 2 is 1.58 bits per heavy atom. The zero-order valence-corrected chi connectivity index (χ0v) is 19.9. The minimum absolute atomic E-state index is 0.164. The molecule has 8 heteroatoms. The Morgan fingerprint density at radius 3 is 2.13 bits per heavy atom. The second kappa shape index (κ2) is 9.97. The Kier molecular flexibility index (Phi) is 7.56. The van der Waals surface area contributed by atoms with Crippen LogP contribution in [-0.2, 0) is 30.2 Å². The summed E-state index contributed by atoms with van der Waals surface area (Å²) in [6.07, 6.45) is 4.39. The van der Waals surface area contributed by atoms with Crippen LogP contribution in [0.15, 0.2) is 41.4 Å². The Balaban J connectivity index is 1.76. The molecule has 3 rings (SSSR count). The summed E-state index contributed by atoms with van der Waals surface area (Å²) < 4.78 is 29.2. The maximum absolute atomic E-state index is 13.2. The van der Waals surface area contributed by atoms with Gasteiger partial charge in [0.15, 0.2) is 0 Å². The van der Waals surface area contributed by atoms with E-state index in [1.165, 1.54) is 15.9 Å². The van der Waals surface area contributed by atoms with Crippen molar-refractivity contribution in [2.75, 3.05) is 33.7 Å². The van der Waals surface area contributed by atoms with Gasteiger partial charge >= 0.3 is 0 Å². The Labute approximate surface area is 186 Å². The van der Waals surface area contributed by atoms with Crippen LogP contribution in [-0.4, -0.2) is 66.7 Å². The lowest BCUT2D eigenvalue weighted by Crippen LogP contribution is -2.35. The van der Waals surface area contributed by atoms with E-state index in [0.717, 1.165) is 31.4 Å². The molecular weight excluding hydrogens is 412 g/mol. The molecule has 0 saturated carbocycles. The van der Waals surface area contributed by atoms with Crippen molar-refractivity contribution in [1.29, 1.82) is 0 Å². The SMILES string of the molecule is CCN(Cc1ccc(CN(C)C)cc1)C(=O)c1cc(S(=O)(=O)N2CCCCC2)cn1C. The summed E-state index contributed by atoms with van der Waals surface area (Å²) in [4.78, 5) is 17.3. The monoisotopic (exact) mass is 446 g/mol. The molecule has 0 spiro atoms. The first-order chi connectivity index (χ1) is 14.7. The summed E-state index contributed by atoms with van der Waals surface area (Å²) in [5, 5.41) is 0. The number of aryl methyl sites for hydroxylation is 1. The molecule has 2 aromatic rings. The average molecular weight is 447 g/mol. The van der Waals surface area contributed by atoms with E-state index in [9.17, 15) is 13.2 Å². The molecule has 1 aliphatic heterocycles. The number of sulfonamides is 1. The molecule has 0 radical (unpaired) electrons. The summed E-state index contributed by atoms with van der Waals surface area (Å²) in [6.45, 7) is 4.92. The predicted molar refractivity (Wildman–Crippen MR) is 122 cm³/mol. The van der Waals surface area contributed by atoms with Crippen LogP contribution in [0, 0.1) is 0 Å². The van der Waals surface area contributed by atoms with Crippen molar-refractivity contribution in [3.05, 3.63) is 53.3 Å². The second-order valence-electron chi connectivity index (χ2n) is 8.51. The van der Waals surface area contributed by atoms with Crippen LogP contribution in [0.4, 0.5) is 0 Å². The quantitative estimate of drug-likeness (QED) is 0.625. The van der Waals surface area contributed by atoms with Crippen LogP contribution in [0.25, 0.3) is 0 Å². The lowest BCUT2D eigenvalue weighted by Gasteiger charge is -2.25. The molecule has 0 unspecified atom stereocenters. The summed E-state index contributed by atoms with van der Waals surface area (Å²) in [5.41, 5.74) is 2.66. The minimum atomic E-state index is -3.57. The fourth-order valence-electron chi connectivity index (χ4n) is 3.97. The highest BCUT2D eigenvalue weighted by molar-refractivity contribution is 7.89. The first kappa shape index (κ1) is 23.5. The van der Waals surface area contributed by atoms with Gasteiger partial charge in [0.05, 0.1) is 0 Å². The number of amides is 1. The van der Waals surface area contributed by atoms with E-state index >= 15 is 0 Å². The molecule has 1 aliphatic rings. The number of carbonyl (C=O) groups excluding carboxylic acids is 1. The zero-order valence-electron chi connectivity index (χ0n) is 19.0. The van der Waals surface area contributed by atoms with Crippen molar-refractivity contribution in [2.45, 2.75) is 44.2 Å². The summed E-state index contributed by atoms with van der Waals surface area (Å²) in [6, 6.07) is 9.78. The number of rotatable bonds is 8. The number of carbonyl (C=O) groups is 1. The number of hydrogen-bond acceptors (Lipinski definition) is 4. The third-order valence-electron chi connectivity index (χ3n) is 5.72. The summed E-state index contributed by atoms with van der Waals surface area (Å²) in [5.74, 6) is -0.164. The van der Waals surface area contributed by atoms with Crippen LogP contribution >= 0.6 is 0 Å². The van der Waals surface area contributed by atoms with Crippen molar-refractivity contribution < 1.29 is 13.2 Å². The van der Waals surface area contributed by atoms with Gasteiger partial charge < -0.3 is 14.4 Å². The maximum Gasteiger partial charge on any atom is 0.270 e. The molecule has 1 fully saturated rings. The van der Waals surface area contributed by atoms with Crippen molar-refractivity contribution >= 4 is 15.9 Å². The highest BCUT2D eigenvalue weighted by atomic mass is 32.2. The van der Waals surface area contributed by atoms with E-state index in [-0.39, 0.29) is 10.8 Å². The molecule has 1 aromatic heterocycles. The molecule has 2 heterocycles. The third kappa shape index (κ3) is 5.56. The largest absolute Gasteiger partial charge is 0.345 e. The smallest absolute Gasteiger partial charge is 0.270 e. The average Bonchev–Trinajstić information content (AvgIpc) is 3.15. The number of benzene rings is 1. The van der Waals surface area contributed by atoms with Crippen molar-refractivity contribution in [3.63, 3.8) is 0 Å². The van der Waals surface area contributed by atoms with Crippen LogP contribution in [0.1, 0.15) is 47.8 Å². The summed E-state index contributed by atoms with van der Waals surface area (Å²) >= 11 is 0. The number of piperidine rings is 1. The molecule has 0 bridgehead atoms. The zero-order chi connectivity index (χ0) is 22.6. The Morgan fingerprint density at radius 1 is 1.00 bits per heavy atom. The van der Waals surface area contributed by atoms with Crippen LogP contribution in [0.2, 0.25) is 0 Å². The molecule has 0 N–H and O–H groups in total. The lowest BCUT2D eigenvalue weighted by atomic mass is 10.1. The van der Waals surface area contributed by atoms with E-state index < -0.39 is 10.0 Å². The van der Waals surface area contributed by atoms with Crippen molar-refractivity contribution in [2.24, 2.45) is 7.05 Å². The molecule has 170 valence electrons. The van der Waals surface area contributed by atoms with Gasteiger partial charge in [0.25, 0.3) is 5.91 Å². The molecule has 31 heavy (non-hydrogen) atoms. The van der Waals surface area contributed by atoms with E-state index in [0.29, 0.717) is 31.9 Å². The van der Waals surface area contributed by atoms with Crippen LogP contribution in [0.3, 0.4) is 0 Å². The van der Waals surface area contributed by atoms with E-state index in [1.54, 1.807) is 22.7 Å². The first-order valence-corrected chi connectivity index (χ1v) is 12.3. The van der Waals surface area contributed by atoms with Gasteiger partial charge in [-0.3, -0.25) is 4.79 Å². The lowest BCUT2D eigenvalue weighted by molar-refractivity contribution is 0.0743. The molecule has 0 atom stereocenters. The molecule has 1 saturated heterocycles. The highest BCUT2D eigenvalue weighted by Crippen LogP contribution is 2.23. The number of nitrogens with zero attached hydrogens (tertiary/aromatic N) is 4. The van der Waals surface area contributed by atoms with E-state index in [4.69, 9.17) is 0 Å². The fourth-order valence-corrected chi connectivity index (χ4v) is 5.56. The van der Waals surface area contributed by atoms with Gasteiger partial charge in [-0.05, 0) is 51.1 Å². The van der Waals surface area contributed by atoms with Gasteiger partial charge in [0.1, 0.15) is 10.6 Å². The predicted octanol–water partition coefficient (Wildman–Crippen LogP) is 2.92. The van der Waals surface area contributed by atoms with Gasteiger partial charge in [0, 0.05) is 46.0 Å². The maximum atomic E-state index is 13.2. The van der Waals surface area contributed by atoms with Gasteiger partial charge in [-0.1, -0.05) is 30.7 Å². The second-order valence-corrected chi connectivity index (χ2v) is 10.4. The highest BCUT2D eigenvalue weighted by Gasteiger charge is 2.29. The number of aromatic nitrogens is 1. The molecular formula is C23H34N4O3S. The van der Waals surface area contributed by atoms with Gasteiger partial charge in [-0.25, -0.2) is 8.42 Å². The molecule has 1 amide bonds. The van der Waals surface area contributed by atoms with E-state index in [2.05, 4.69) is 17.0 Å². The van der Waals surface area contributed by atoms with Gasteiger partial charge in [-0.2, -0.15) is 4.31 Å². The van der Waals surface area contributed by atoms with Gasteiger partial charge in [-0.15, -0.1) is 0 Å². The summed E-state index contributed by atoms with van der Waals surface area (Å²) in [7, 11) is 2.23. The number of hydrogen-bond donors (Lipinski definition) is 0. The van der Waals surface area contributed by atoms with Crippen LogP contribution < -0.4 is 0 Å². The first-order valence-electron chi connectivity index (χ1n) is 10.9. The van der Waals surface area contributed by atoms with Crippen molar-refractivity contribution in [1.82, 2.24) is 18.7 Å².